The van der Waals surface area contributed by atoms with E-state index in [1.807, 2.05) is 0 Å². The maximum Gasteiger partial charge on any atom is 0.0773 e. The molecule has 2 aromatic carbocycles. The van der Waals surface area contributed by atoms with Gasteiger partial charge in [-0.25, -0.2) is 0 Å². The van der Waals surface area contributed by atoms with E-state index in [1.54, 1.807) is 11.1 Å². The molecule has 1 saturated heterocycles. The number of hydrogen-bond donors (Lipinski definition) is 0. The van der Waals surface area contributed by atoms with Crippen molar-refractivity contribution < 1.29 is 0 Å². The van der Waals surface area contributed by atoms with Crippen molar-refractivity contribution in [1.29, 1.82) is 0 Å². The molecule has 7 rings (SSSR count). The van der Waals surface area contributed by atoms with Gasteiger partial charge >= 0.3 is 0 Å². The average molecular weight is 401 g/mol. The second kappa shape index (κ2) is 7.21. The van der Waals surface area contributed by atoms with Crippen LogP contribution in [0.1, 0.15) is 49.7 Å². The number of benzene rings is 2. The van der Waals surface area contributed by atoms with Gasteiger partial charge in [-0.3, -0.25) is 4.90 Å². The fourth-order valence-corrected chi connectivity index (χ4v) is 8.53. The Bertz CT molecular complexity index is 791. The Morgan fingerprint density at radius 2 is 1.10 bits per heavy atom. The second-order valence-corrected chi connectivity index (χ2v) is 10.9. The van der Waals surface area contributed by atoms with Gasteiger partial charge in [0.25, 0.3) is 0 Å². The maximum absolute atomic E-state index is 2.92. The van der Waals surface area contributed by atoms with Gasteiger partial charge in [-0.05, 0) is 79.9 Å². The van der Waals surface area contributed by atoms with E-state index in [9.17, 15) is 0 Å². The Kier molecular flexibility index (Phi) is 4.58. The van der Waals surface area contributed by atoms with Gasteiger partial charge in [-0.2, -0.15) is 0 Å². The molecule has 0 radical (unpaired) electrons. The molecule has 4 saturated carbocycles. The standard InChI is InChI=1S/C28H36N2/c1-29-12-14-30(15-13-29)28(25-8-4-2-5-9-25,26-10-6-3-7-11-26)27-19-22-16-23(20-27)18-24(17-22)21-27/h2-11,22-24H,12-21H2,1H3. The SMILES string of the molecule is CN1CCN(C(c2ccccc2)(c2ccccc2)C23CC4CC(CC(C4)C2)C3)CC1. The third kappa shape index (κ3) is 2.76. The van der Waals surface area contributed by atoms with Gasteiger partial charge < -0.3 is 4.90 Å². The predicted molar refractivity (Wildman–Crippen MR) is 123 cm³/mol. The summed E-state index contributed by atoms with van der Waals surface area (Å²) in [5.74, 6) is 2.86. The predicted octanol–water partition coefficient (Wildman–Crippen LogP) is 5.39. The first-order valence-corrected chi connectivity index (χ1v) is 12.2. The summed E-state index contributed by atoms with van der Waals surface area (Å²) < 4.78 is 0. The van der Waals surface area contributed by atoms with Crippen LogP contribution in [0.3, 0.4) is 0 Å². The zero-order valence-corrected chi connectivity index (χ0v) is 18.5. The van der Waals surface area contributed by atoms with Gasteiger partial charge in [0.2, 0.25) is 0 Å². The van der Waals surface area contributed by atoms with E-state index in [2.05, 4.69) is 77.5 Å². The minimum Gasteiger partial charge on any atom is -0.304 e. The molecule has 0 unspecified atom stereocenters. The quantitative estimate of drug-likeness (QED) is 0.678. The fraction of sp³-hybridized carbons (Fsp3) is 0.571. The Morgan fingerprint density at radius 1 is 0.667 bits per heavy atom. The van der Waals surface area contributed by atoms with Crippen LogP contribution < -0.4 is 0 Å². The number of likely N-dealkylation sites (N-methyl/N-ethyl adjacent to an activating group) is 1. The highest BCUT2D eigenvalue weighted by Gasteiger charge is 2.63. The van der Waals surface area contributed by atoms with E-state index in [0.29, 0.717) is 5.41 Å². The maximum atomic E-state index is 2.92. The Morgan fingerprint density at radius 3 is 1.53 bits per heavy atom. The van der Waals surface area contributed by atoms with E-state index in [0.717, 1.165) is 17.8 Å². The summed E-state index contributed by atoms with van der Waals surface area (Å²) in [5.41, 5.74) is 3.47. The lowest BCUT2D eigenvalue weighted by Gasteiger charge is -2.67. The highest BCUT2D eigenvalue weighted by atomic mass is 15.3. The monoisotopic (exact) mass is 400 g/mol. The molecule has 0 N–H and O–H groups in total. The van der Waals surface area contributed by atoms with Crippen molar-refractivity contribution in [3.63, 3.8) is 0 Å². The summed E-state index contributed by atoms with van der Waals surface area (Å²) in [6.07, 6.45) is 8.78. The topological polar surface area (TPSA) is 6.48 Å². The highest BCUT2D eigenvalue weighted by Crippen LogP contribution is 2.68. The Labute approximate surface area is 182 Å². The van der Waals surface area contributed by atoms with E-state index in [-0.39, 0.29) is 5.54 Å². The first-order valence-electron chi connectivity index (χ1n) is 12.2. The number of rotatable bonds is 4. The first kappa shape index (κ1) is 19.1. The van der Waals surface area contributed by atoms with Crippen molar-refractivity contribution in [2.75, 3.05) is 33.2 Å². The molecule has 0 amide bonds. The lowest BCUT2D eigenvalue weighted by molar-refractivity contribution is -0.144. The molecule has 0 atom stereocenters. The molecule has 2 nitrogen and oxygen atoms in total. The van der Waals surface area contributed by atoms with E-state index in [1.165, 1.54) is 64.7 Å². The molecular weight excluding hydrogens is 364 g/mol. The molecule has 1 aliphatic heterocycles. The van der Waals surface area contributed by atoms with E-state index in [4.69, 9.17) is 0 Å². The van der Waals surface area contributed by atoms with Crippen LogP contribution >= 0.6 is 0 Å². The molecule has 4 aliphatic carbocycles. The summed E-state index contributed by atoms with van der Waals surface area (Å²) in [6, 6.07) is 23.3. The van der Waals surface area contributed by atoms with Gasteiger partial charge in [-0.15, -0.1) is 0 Å². The van der Waals surface area contributed by atoms with Crippen molar-refractivity contribution in [3.05, 3.63) is 71.8 Å². The number of piperazine rings is 1. The Hall–Kier alpha value is -1.64. The van der Waals surface area contributed by atoms with Gasteiger partial charge in [0.1, 0.15) is 0 Å². The minimum atomic E-state index is 0.00674. The summed E-state index contributed by atoms with van der Waals surface area (Å²) in [7, 11) is 2.29. The molecule has 1 heterocycles. The molecule has 158 valence electrons. The molecule has 2 heteroatoms. The van der Waals surface area contributed by atoms with Crippen LogP contribution in [0.2, 0.25) is 0 Å². The van der Waals surface area contributed by atoms with Crippen molar-refractivity contribution >= 4 is 0 Å². The van der Waals surface area contributed by atoms with Crippen molar-refractivity contribution in [2.24, 2.45) is 23.2 Å². The van der Waals surface area contributed by atoms with Crippen molar-refractivity contribution in [1.82, 2.24) is 9.80 Å². The van der Waals surface area contributed by atoms with Crippen LogP contribution in [-0.2, 0) is 5.54 Å². The van der Waals surface area contributed by atoms with Crippen molar-refractivity contribution in [3.8, 4) is 0 Å². The largest absolute Gasteiger partial charge is 0.304 e. The van der Waals surface area contributed by atoms with Crippen molar-refractivity contribution in [2.45, 2.75) is 44.1 Å². The van der Waals surface area contributed by atoms with Crippen LogP contribution in [0.5, 0.6) is 0 Å². The Balaban J connectivity index is 1.59. The van der Waals surface area contributed by atoms with Crippen LogP contribution in [-0.4, -0.2) is 43.0 Å². The number of hydrogen-bond acceptors (Lipinski definition) is 2. The normalized spacial score (nSPS) is 34.4. The second-order valence-electron chi connectivity index (χ2n) is 10.9. The summed E-state index contributed by atoms with van der Waals surface area (Å²) >= 11 is 0. The lowest BCUT2D eigenvalue weighted by Crippen LogP contribution is -2.66. The fourth-order valence-electron chi connectivity index (χ4n) is 8.53. The summed E-state index contributed by atoms with van der Waals surface area (Å²) in [6.45, 7) is 4.69. The molecule has 30 heavy (non-hydrogen) atoms. The molecule has 5 aliphatic rings. The van der Waals surface area contributed by atoms with Crippen LogP contribution in [0.4, 0.5) is 0 Å². The van der Waals surface area contributed by atoms with Crippen LogP contribution in [0, 0.1) is 23.2 Å². The zero-order valence-electron chi connectivity index (χ0n) is 18.5. The van der Waals surface area contributed by atoms with E-state index < -0.39 is 0 Å². The van der Waals surface area contributed by atoms with Crippen LogP contribution in [0.25, 0.3) is 0 Å². The molecule has 5 fully saturated rings. The molecular formula is C28H36N2. The van der Waals surface area contributed by atoms with Gasteiger partial charge in [-0.1, -0.05) is 60.7 Å². The lowest BCUT2D eigenvalue weighted by atomic mass is 9.42. The summed E-state index contributed by atoms with van der Waals surface area (Å²) in [5, 5.41) is 0. The summed E-state index contributed by atoms with van der Waals surface area (Å²) in [4.78, 5) is 5.43. The van der Waals surface area contributed by atoms with Crippen LogP contribution in [0.15, 0.2) is 60.7 Å². The average Bonchev–Trinajstić information content (AvgIpc) is 2.76. The molecule has 0 aromatic heterocycles. The zero-order chi connectivity index (χ0) is 20.2. The molecule has 0 spiro atoms. The molecule has 2 aromatic rings. The minimum absolute atomic E-state index is 0.00674. The third-order valence-corrected chi connectivity index (χ3v) is 9.17. The highest BCUT2D eigenvalue weighted by molar-refractivity contribution is 5.43. The van der Waals surface area contributed by atoms with E-state index >= 15 is 0 Å². The van der Waals surface area contributed by atoms with Gasteiger partial charge in [0.15, 0.2) is 0 Å². The smallest absolute Gasteiger partial charge is 0.0773 e. The van der Waals surface area contributed by atoms with Gasteiger partial charge in [0, 0.05) is 26.2 Å². The first-order chi connectivity index (χ1) is 14.7. The van der Waals surface area contributed by atoms with Gasteiger partial charge in [0.05, 0.1) is 5.54 Å². The number of nitrogens with zero attached hydrogens (tertiary/aromatic N) is 2. The third-order valence-electron chi connectivity index (χ3n) is 9.17. The molecule has 4 bridgehead atoms.